The lowest BCUT2D eigenvalue weighted by atomic mass is 9.95. The molecule has 5 aromatic rings. The number of ether oxygens (including phenoxy) is 2. The summed E-state index contributed by atoms with van der Waals surface area (Å²) in [5.74, 6) is -4.27. The molecule has 3 heterocycles. The molecular formula is C58H76N10O11. The second-order valence-electron chi connectivity index (χ2n) is 20.5. The third kappa shape index (κ3) is 17.6. The van der Waals surface area contributed by atoms with Crippen LogP contribution >= 0.6 is 0 Å². The van der Waals surface area contributed by atoms with E-state index in [9.17, 15) is 43.5 Å². The summed E-state index contributed by atoms with van der Waals surface area (Å²) in [4.78, 5) is 116. The zero-order valence-corrected chi connectivity index (χ0v) is 45.6. The number of para-hydroxylation sites is 1. The summed E-state index contributed by atoms with van der Waals surface area (Å²) in [6.07, 6.45) is 4.98. The number of aromatic amines is 1. The average molecular weight is 1090 g/mol. The van der Waals surface area contributed by atoms with Gasteiger partial charge in [0.1, 0.15) is 30.3 Å². The van der Waals surface area contributed by atoms with Gasteiger partial charge in [0.25, 0.3) is 0 Å². The van der Waals surface area contributed by atoms with Crippen molar-refractivity contribution in [2.45, 2.75) is 134 Å². The Hall–Kier alpha value is -7.75. The van der Waals surface area contributed by atoms with Crippen LogP contribution in [0, 0.1) is 11.8 Å². The topological polar surface area (TPSA) is 298 Å². The number of esters is 1. The Morgan fingerprint density at radius 2 is 1.51 bits per heavy atom. The van der Waals surface area contributed by atoms with Crippen molar-refractivity contribution < 1.29 is 52.9 Å². The predicted molar refractivity (Wildman–Crippen MR) is 295 cm³/mol. The number of imidazole rings is 1. The van der Waals surface area contributed by atoms with Crippen LogP contribution < -0.4 is 32.3 Å². The van der Waals surface area contributed by atoms with Crippen molar-refractivity contribution in [2.75, 3.05) is 26.8 Å². The molecule has 3 unspecified atom stereocenters. The standard InChI is InChI=1S/C58H76N10O11/c1-6-37(3)53(56(75)65-48(58(77)78-5)25-39-16-9-7-10-17-39)66-52(72)29-50(71)45(59)24-36(2)30-61-54(73)46(28-42-31-60-34-62-42)64-55(74)51(26-40-18-11-8-12-19-40)79-33-43-20-15-23-68(43)57(76)47(63-38(4)70)27-41-32-67(35-69)49-22-14-13-21-44(41)49/h7-14,16-19,21-22,31-32,34-37,43,45-48,50-51,53,71H,6,15,20,23-30,33,59H2,1-5H3,(H,60,62)(H,61,73)(H,63,70)(H,64,74)(H,65,75)(H,66,72)/t36?,37-,43-,45?,46-,47-,48-,50?,51-,53-/m0/s1. The molecule has 424 valence electrons. The van der Waals surface area contributed by atoms with Crippen molar-refractivity contribution in [1.29, 1.82) is 0 Å². The molecule has 6 amide bonds. The Bertz CT molecular complexity index is 2810. The predicted octanol–water partition coefficient (Wildman–Crippen LogP) is 2.45. The number of aromatic nitrogens is 3. The van der Waals surface area contributed by atoms with Crippen molar-refractivity contribution in [2.24, 2.45) is 17.6 Å². The summed E-state index contributed by atoms with van der Waals surface area (Å²) in [6.45, 7) is 7.29. The largest absolute Gasteiger partial charge is 0.467 e. The van der Waals surface area contributed by atoms with Gasteiger partial charge in [0.15, 0.2) is 0 Å². The maximum Gasteiger partial charge on any atom is 0.328 e. The van der Waals surface area contributed by atoms with Crippen LogP contribution in [0.4, 0.5) is 0 Å². The summed E-state index contributed by atoms with van der Waals surface area (Å²) in [7, 11) is 1.23. The smallest absolute Gasteiger partial charge is 0.328 e. The molecule has 0 aliphatic carbocycles. The van der Waals surface area contributed by atoms with Crippen molar-refractivity contribution in [3.63, 3.8) is 0 Å². The molecule has 10 atom stereocenters. The van der Waals surface area contributed by atoms with E-state index in [0.717, 1.165) is 16.5 Å². The van der Waals surface area contributed by atoms with Gasteiger partial charge in [-0.2, -0.15) is 0 Å². The molecule has 1 saturated heterocycles. The number of likely N-dealkylation sites (tertiary alicyclic amines) is 1. The summed E-state index contributed by atoms with van der Waals surface area (Å²) >= 11 is 0. The minimum Gasteiger partial charge on any atom is -0.467 e. The average Bonchev–Trinajstić information content (AvgIpc) is 4.25. The van der Waals surface area contributed by atoms with Crippen LogP contribution in [-0.2, 0) is 73.5 Å². The number of carbonyl (C=O) groups is 8. The first-order valence-corrected chi connectivity index (χ1v) is 27.0. The van der Waals surface area contributed by atoms with Crippen molar-refractivity contribution >= 4 is 58.7 Å². The quantitative estimate of drug-likeness (QED) is 0.0243. The first-order chi connectivity index (χ1) is 38.0. The lowest BCUT2D eigenvalue weighted by molar-refractivity contribution is -0.145. The second-order valence-corrected chi connectivity index (χ2v) is 20.5. The van der Waals surface area contributed by atoms with E-state index in [2.05, 4.69) is 36.6 Å². The number of benzene rings is 3. The molecule has 0 spiro atoms. The van der Waals surface area contributed by atoms with Crippen molar-refractivity contribution in [3.05, 3.63) is 126 Å². The van der Waals surface area contributed by atoms with Crippen LogP contribution in [0.5, 0.6) is 0 Å². The number of nitrogens with zero attached hydrogens (tertiary/aromatic N) is 3. The summed E-state index contributed by atoms with van der Waals surface area (Å²) in [5, 5.41) is 26.0. The highest BCUT2D eigenvalue weighted by Crippen LogP contribution is 2.25. The number of methoxy groups -OCH3 is 1. The van der Waals surface area contributed by atoms with Gasteiger partial charge in [0, 0.05) is 75.2 Å². The molecule has 21 nitrogen and oxygen atoms in total. The van der Waals surface area contributed by atoms with E-state index >= 15 is 0 Å². The summed E-state index contributed by atoms with van der Waals surface area (Å²) in [6, 6.07) is 20.3. The molecule has 0 saturated carbocycles. The summed E-state index contributed by atoms with van der Waals surface area (Å²) < 4.78 is 12.8. The Labute approximate surface area is 460 Å². The molecule has 0 bridgehead atoms. The first kappa shape index (κ1) is 60.5. The minimum atomic E-state index is -1.31. The molecule has 21 heteroatoms. The number of amides is 6. The van der Waals surface area contributed by atoms with Gasteiger partial charge < -0.3 is 56.8 Å². The van der Waals surface area contributed by atoms with Gasteiger partial charge in [-0.1, -0.05) is 106 Å². The van der Waals surface area contributed by atoms with E-state index in [0.29, 0.717) is 49.0 Å². The maximum atomic E-state index is 14.4. The number of hydrogen-bond acceptors (Lipinski definition) is 13. The first-order valence-electron chi connectivity index (χ1n) is 27.0. The van der Waals surface area contributed by atoms with E-state index in [4.69, 9.17) is 15.2 Å². The lowest BCUT2D eigenvalue weighted by Crippen LogP contribution is -2.55. The van der Waals surface area contributed by atoms with Crippen LogP contribution in [0.15, 0.2) is 104 Å². The Balaban J connectivity index is 1.06. The van der Waals surface area contributed by atoms with Crippen molar-refractivity contribution in [1.82, 2.24) is 46.0 Å². The zero-order valence-electron chi connectivity index (χ0n) is 45.6. The fourth-order valence-electron chi connectivity index (χ4n) is 9.89. The number of hydrogen-bond donors (Lipinski definition) is 8. The van der Waals surface area contributed by atoms with Crippen LogP contribution in [0.25, 0.3) is 10.9 Å². The van der Waals surface area contributed by atoms with Gasteiger partial charge >= 0.3 is 5.97 Å². The number of fused-ring (bicyclic) bond motifs is 1. The van der Waals surface area contributed by atoms with Crippen LogP contribution in [-0.4, -0.2) is 148 Å². The number of nitrogens with two attached hydrogens (primary N) is 1. The van der Waals surface area contributed by atoms with Crippen LogP contribution in [0.1, 0.15) is 82.2 Å². The number of H-pyrrole nitrogens is 1. The number of aliphatic hydroxyl groups is 1. The van der Waals surface area contributed by atoms with Gasteiger partial charge in [-0.3, -0.25) is 38.1 Å². The van der Waals surface area contributed by atoms with E-state index in [1.54, 1.807) is 30.3 Å². The molecular weight excluding hydrogens is 1010 g/mol. The van der Waals surface area contributed by atoms with E-state index < -0.39 is 90.4 Å². The van der Waals surface area contributed by atoms with Crippen LogP contribution in [0.2, 0.25) is 0 Å². The molecule has 79 heavy (non-hydrogen) atoms. The Morgan fingerprint density at radius 1 is 0.835 bits per heavy atom. The Kier molecular flexibility index (Phi) is 22.8. The zero-order chi connectivity index (χ0) is 57.0. The fraction of sp³-hybridized carbons (Fsp3) is 0.466. The highest BCUT2D eigenvalue weighted by atomic mass is 16.5. The maximum absolute atomic E-state index is 14.4. The Morgan fingerprint density at radius 3 is 2.15 bits per heavy atom. The number of rotatable bonds is 30. The molecule has 6 rings (SSSR count). The number of nitrogens with one attached hydrogen (secondary N) is 6. The monoisotopic (exact) mass is 1090 g/mol. The lowest BCUT2D eigenvalue weighted by Gasteiger charge is -2.30. The van der Waals surface area contributed by atoms with E-state index in [-0.39, 0.29) is 63.0 Å². The molecule has 1 aliphatic rings. The third-order valence-electron chi connectivity index (χ3n) is 14.4. The third-order valence-corrected chi connectivity index (χ3v) is 14.4. The van der Waals surface area contributed by atoms with E-state index in [1.807, 2.05) is 92.7 Å². The SMILES string of the molecule is CC[C@H](C)[C@H](NC(=O)CC(O)C(N)CC(C)CNC(=O)[C@H](Cc1cnc[nH]1)NC(=O)[C@H](Cc1ccccc1)OC[C@@H]1CCCN1C(=O)[C@H](Cc1cn(C=O)c2ccccc12)NC(C)=O)C(=O)N[C@@H](Cc1ccccc1)C(=O)OC. The summed E-state index contributed by atoms with van der Waals surface area (Å²) in [5.41, 5.74) is 10.0. The second kappa shape index (κ2) is 29.8. The molecule has 1 fully saturated rings. The highest BCUT2D eigenvalue weighted by molar-refractivity contribution is 5.93. The van der Waals surface area contributed by atoms with Gasteiger partial charge in [-0.15, -0.1) is 0 Å². The van der Waals surface area contributed by atoms with Gasteiger partial charge in [0.2, 0.25) is 41.9 Å². The normalized spacial score (nSPS) is 16.7. The molecule has 2 aromatic heterocycles. The van der Waals surface area contributed by atoms with Gasteiger partial charge in [0.05, 0.1) is 44.1 Å². The minimum absolute atomic E-state index is 0.0168. The molecule has 1 aliphatic heterocycles. The highest BCUT2D eigenvalue weighted by Gasteiger charge is 2.37. The molecule has 3 aromatic carbocycles. The molecule has 9 N–H and O–H groups in total. The fourth-order valence-corrected chi connectivity index (χ4v) is 9.89. The van der Waals surface area contributed by atoms with E-state index in [1.165, 1.54) is 24.9 Å². The van der Waals surface area contributed by atoms with Crippen molar-refractivity contribution in [3.8, 4) is 0 Å². The molecule has 0 radical (unpaired) electrons. The van der Waals surface area contributed by atoms with Gasteiger partial charge in [-0.05, 0) is 53.9 Å². The van der Waals surface area contributed by atoms with Crippen LogP contribution in [0.3, 0.4) is 0 Å². The van der Waals surface area contributed by atoms with Gasteiger partial charge in [-0.25, -0.2) is 9.78 Å². The number of aliphatic hydroxyl groups excluding tert-OH is 1. The number of carbonyl (C=O) groups excluding carboxylic acids is 8.